The smallest absolute Gasteiger partial charge is 0.372 e. The fraction of sp³-hybridized carbons (Fsp3) is 0.333. The first-order valence-corrected chi connectivity index (χ1v) is 6.43. The van der Waals surface area contributed by atoms with Gasteiger partial charge in [-0.25, -0.2) is 10.4 Å². The monoisotopic (exact) mass is 329 g/mol. The van der Waals surface area contributed by atoms with E-state index >= 15 is 0 Å². The molecule has 0 aliphatic carbocycles. The maximum atomic E-state index is 12.8. The van der Waals surface area contributed by atoms with Crippen LogP contribution in [0.1, 0.15) is 18.2 Å². The van der Waals surface area contributed by atoms with E-state index in [9.17, 15) is 18.0 Å². The molecule has 0 bridgehead atoms. The first kappa shape index (κ1) is 16.5. The lowest BCUT2D eigenvalue weighted by atomic mass is 10.3. The Kier molecular flexibility index (Phi) is 4.38. The molecule has 0 atom stereocenters. The number of amides is 1. The Morgan fingerprint density at radius 2 is 2.00 bits per heavy atom. The molecule has 0 aromatic carbocycles. The average molecular weight is 329 g/mol. The van der Waals surface area contributed by atoms with Gasteiger partial charge in [-0.15, -0.1) is 0 Å². The lowest BCUT2D eigenvalue weighted by Crippen LogP contribution is -2.22. The van der Waals surface area contributed by atoms with Gasteiger partial charge in [0.05, 0.1) is 17.6 Å². The van der Waals surface area contributed by atoms with Gasteiger partial charge in [-0.05, 0) is 6.92 Å². The van der Waals surface area contributed by atoms with Gasteiger partial charge in [0.15, 0.2) is 0 Å². The first-order valence-electron chi connectivity index (χ1n) is 6.43. The summed E-state index contributed by atoms with van der Waals surface area (Å²) in [4.78, 5) is 19.7. The fourth-order valence-electron chi connectivity index (χ4n) is 1.75. The van der Waals surface area contributed by atoms with E-state index in [-0.39, 0.29) is 17.7 Å². The summed E-state index contributed by atoms with van der Waals surface area (Å²) in [5, 5.41) is 9.06. The van der Waals surface area contributed by atoms with E-state index in [1.807, 2.05) is 0 Å². The van der Waals surface area contributed by atoms with Crippen molar-refractivity contribution in [3.05, 3.63) is 23.7 Å². The molecule has 0 saturated heterocycles. The minimum atomic E-state index is -4.55. The summed E-state index contributed by atoms with van der Waals surface area (Å²) in [5.74, 6) is -0.694. The van der Waals surface area contributed by atoms with E-state index in [0.717, 1.165) is 0 Å². The van der Waals surface area contributed by atoms with Crippen LogP contribution >= 0.6 is 0 Å². The largest absolute Gasteiger partial charge is 0.421 e. The SMILES string of the molecule is CNc1nc(Nc2cnn(NC(C)=O)c2C)ncc1C(F)(F)F. The Morgan fingerprint density at radius 3 is 2.57 bits per heavy atom. The molecule has 0 saturated carbocycles. The summed E-state index contributed by atoms with van der Waals surface area (Å²) >= 11 is 0. The van der Waals surface area contributed by atoms with Crippen molar-refractivity contribution in [1.29, 1.82) is 0 Å². The third-order valence-electron chi connectivity index (χ3n) is 2.85. The summed E-state index contributed by atoms with van der Waals surface area (Å²) in [7, 11) is 1.33. The molecule has 0 spiro atoms. The zero-order valence-corrected chi connectivity index (χ0v) is 12.5. The Labute approximate surface area is 129 Å². The van der Waals surface area contributed by atoms with E-state index < -0.39 is 11.7 Å². The maximum Gasteiger partial charge on any atom is 0.421 e. The van der Waals surface area contributed by atoms with Gasteiger partial charge < -0.3 is 10.6 Å². The van der Waals surface area contributed by atoms with Crippen LogP contribution < -0.4 is 16.1 Å². The standard InChI is InChI=1S/C12H14F3N7O/c1-6-9(5-18-22(6)21-7(2)23)19-11-17-4-8(12(13,14)15)10(16-3)20-11/h4-5H,1-3H3,(H,21,23)(H2,16,17,19,20). The molecule has 23 heavy (non-hydrogen) atoms. The van der Waals surface area contributed by atoms with Crippen molar-refractivity contribution >= 4 is 23.4 Å². The molecule has 0 aliphatic rings. The van der Waals surface area contributed by atoms with E-state index in [1.54, 1.807) is 6.92 Å². The quantitative estimate of drug-likeness (QED) is 0.792. The van der Waals surface area contributed by atoms with Crippen LogP contribution in [0.25, 0.3) is 0 Å². The van der Waals surface area contributed by atoms with Crippen molar-refractivity contribution in [3.8, 4) is 0 Å². The van der Waals surface area contributed by atoms with Crippen molar-refractivity contribution in [1.82, 2.24) is 19.9 Å². The van der Waals surface area contributed by atoms with Gasteiger partial charge in [0.25, 0.3) is 0 Å². The molecule has 1 amide bonds. The number of hydrogen-bond acceptors (Lipinski definition) is 6. The Balaban J connectivity index is 2.27. The number of carbonyl (C=O) groups excluding carboxylic acids is 1. The summed E-state index contributed by atoms with van der Waals surface area (Å²) < 4.78 is 38.4. The van der Waals surface area contributed by atoms with Crippen LogP contribution in [0.4, 0.5) is 30.6 Å². The second-order valence-corrected chi connectivity index (χ2v) is 4.55. The molecule has 2 aromatic rings. The minimum absolute atomic E-state index is 0.0344. The summed E-state index contributed by atoms with van der Waals surface area (Å²) in [6.45, 7) is 2.99. The first-order chi connectivity index (χ1) is 10.7. The second kappa shape index (κ2) is 6.10. The number of anilines is 3. The molecule has 0 aliphatic heterocycles. The van der Waals surface area contributed by atoms with Gasteiger partial charge >= 0.3 is 6.18 Å². The Morgan fingerprint density at radius 1 is 1.30 bits per heavy atom. The molecule has 11 heteroatoms. The highest BCUT2D eigenvalue weighted by molar-refractivity contribution is 5.81. The summed E-state index contributed by atoms with van der Waals surface area (Å²) in [5.41, 5.74) is 2.48. The highest BCUT2D eigenvalue weighted by atomic mass is 19.4. The molecule has 2 aromatic heterocycles. The predicted molar refractivity (Wildman–Crippen MR) is 76.9 cm³/mol. The second-order valence-electron chi connectivity index (χ2n) is 4.55. The minimum Gasteiger partial charge on any atom is -0.372 e. The molecule has 3 N–H and O–H groups in total. The number of hydrogen-bond donors (Lipinski definition) is 3. The van der Waals surface area contributed by atoms with Crippen LogP contribution in [0, 0.1) is 6.92 Å². The molecular formula is C12H14F3N7O. The number of aromatic nitrogens is 4. The van der Waals surface area contributed by atoms with Crippen LogP contribution in [0.3, 0.4) is 0 Å². The zero-order chi connectivity index (χ0) is 17.2. The van der Waals surface area contributed by atoms with Crippen LogP contribution in [0.5, 0.6) is 0 Å². The Bertz CT molecular complexity index is 726. The van der Waals surface area contributed by atoms with Gasteiger partial charge in [0.1, 0.15) is 11.4 Å². The molecule has 2 heterocycles. The molecule has 2 rings (SSSR count). The number of nitrogens with one attached hydrogen (secondary N) is 3. The van der Waals surface area contributed by atoms with Gasteiger partial charge in [-0.2, -0.15) is 28.0 Å². The van der Waals surface area contributed by atoms with Crippen LogP contribution in [0.2, 0.25) is 0 Å². The normalized spacial score (nSPS) is 11.2. The molecule has 0 radical (unpaired) electrons. The van der Waals surface area contributed by atoms with Gasteiger partial charge in [0, 0.05) is 20.2 Å². The van der Waals surface area contributed by atoms with Crippen LogP contribution in [0.15, 0.2) is 12.4 Å². The van der Waals surface area contributed by atoms with E-state index in [4.69, 9.17) is 0 Å². The molecule has 0 fully saturated rings. The topological polar surface area (TPSA) is 96.8 Å². The fourth-order valence-corrected chi connectivity index (χ4v) is 1.75. The van der Waals surface area contributed by atoms with E-state index in [2.05, 4.69) is 31.1 Å². The summed E-state index contributed by atoms with van der Waals surface area (Å²) in [6, 6.07) is 0. The number of carbonyl (C=O) groups is 1. The van der Waals surface area contributed by atoms with Gasteiger partial charge in [0.2, 0.25) is 11.9 Å². The van der Waals surface area contributed by atoms with Crippen molar-refractivity contribution in [2.75, 3.05) is 23.1 Å². The van der Waals surface area contributed by atoms with Crippen LogP contribution in [-0.4, -0.2) is 32.8 Å². The zero-order valence-electron chi connectivity index (χ0n) is 12.5. The van der Waals surface area contributed by atoms with Gasteiger partial charge in [-0.3, -0.25) is 4.79 Å². The van der Waals surface area contributed by atoms with Crippen molar-refractivity contribution in [2.24, 2.45) is 0 Å². The third kappa shape index (κ3) is 3.67. The van der Waals surface area contributed by atoms with Crippen molar-refractivity contribution in [3.63, 3.8) is 0 Å². The van der Waals surface area contributed by atoms with Crippen LogP contribution in [-0.2, 0) is 11.0 Å². The summed E-state index contributed by atoms with van der Waals surface area (Å²) in [6.07, 6.45) is -2.47. The lowest BCUT2D eigenvalue weighted by Gasteiger charge is -2.12. The number of nitrogens with zero attached hydrogens (tertiary/aromatic N) is 4. The van der Waals surface area contributed by atoms with Gasteiger partial charge in [-0.1, -0.05) is 0 Å². The van der Waals surface area contributed by atoms with Crippen molar-refractivity contribution < 1.29 is 18.0 Å². The molecule has 8 nitrogen and oxygen atoms in total. The average Bonchev–Trinajstić information content (AvgIpc) is 2.78. The Hall–Kier alpha value is -2.85. The lowest BCUT2D eigenvalue weighted by molar-refractivity contribution is -0.137. The van der Waals surface area contributed by atoms with Crippen molar-refractivity contribution in [2.45, 2.75) is 20.0 Å². The number of alkyl halides is 3. The molecule has 124 valence electrons. The highest BCUT2D eigenvalue weighted by Crippen LogP contribution is 2.33. The number of halogens is 3. The maximum absolute atomic E-state index is 12.8. The third-order valence-corrected chi connectivity index (χ3v) is 2.85. The molecule has 0 unspecified atom stereocenters. The van der Waals surface area contributed by atoms with E-state index in [0.29, 0.717) is 17.6 Å². The molecular weight excluding hydrogens is 315 g/mol. The van der Waals surface area contributed by atoms with E-state index in [1.165, 1.54) is 25.0 Å². The predicted octanol–water partition coefficient (Wildman–Crippen LogP) is 1.88. The highest BCUT2D eigenvalue weighted by Gasteiger charge is 2.35. The number of rotatable bonds is 4.